The van der Waals surface area contributed by atoms with Crippen LogP contribution in [-0.2, 0) is 11.3 Å². The van der Waals surface area contributed by atoms with Gasteiger partial charge in [-0.25, -0.2) is 4.79 Å². The Kier molecular flexibility index (Phi) is 6.85. The molecule has 0 aliphatic carbocycles. The second kappa shape index (κ2) is 8.87. The fourth-order valence-corrected chi connectivity index (χ4v) is 3.05. The summed E-state index contributed by atoms with van der Waals surface area (Å²) < 4.78 is 7.55. The summed E-state index contributed by atoms with van der Waals surface area (Å²) in [6, 6.07) is 5.28. The van der Waals surface area contributed by atoms with E-state index in [0.717, 1.165) is 25.0 Å². The van der Waals surface area contributed by atoms with E-state index in [9.17, 15) is 9.59 Å². The van der Waals surface area contributed by atoms with Gasteiger partial charge in [0.15, 0.2) is 0 Å². The number of amides is 2. The Morgan fingerprint density at radius 1 is 1.33 bits per heavy atom. The molecule has 0 radical (unpaired) electrons. The van der Waals surface area contributed by atoms with Gasteiger partial charge in [0.05, 0.1) is 12.2 Å². The van der Waals surface area contributed by atoms with Crippen LogP contribution in [-0.4, -0.2) is 47.3 Å². The third-order valence-electron chi connectivity index (χ3n) is 4.42. The number of rotatable bonds is 6. The Hall–Kier alpha value is -1.82. The number of nitrogens with zero attached hydrogens (tertiary/aromatic N) is 2. The molecule has 1 aliphatic rings. The van der Waals surface area contributed by atoms with Crippen LogP contribution in [0.3, 0.4) is 0 Å². The number of hydrogen-bond acceptors (Lipinski definition) is 3. The molecule has 0 aromatic carbocycles. The Morgan fingerprint density at radius 3 is 2.83 bits per heavy atom. The lowest BCUT2D eigenvalue weighted by Crippen LogP contribution is -2.52. The van der Waals surface area contributed by atoms with Crippen molar-refractivity contribution in [1.29, 1.82) is 0 Å². The van der Waals surface area contributed by atoms with Crippen LogP contribution >= 0.6 is 0 Å². The number of nitrogens with one attached hydrogen (secondary N) is 1. The summed E-state index contributed by atoms with van der Waals surface area (Å²) in [5.41, 5.74) is 1.01. The predicted octanol–water partition coefficient (Wildman–Crippen LogP) is 2.15. The van der Waals surface area contributed by atoms with Gasteiger partial charge in [0.1, 0.15) is 0 Å². The Bertz CT molecular complexity index is 599. The van der Waals surface area contributed by atoms with E-state index in [4.69, 9.17) is 4.74 Å². The minimum Gasteiger partial charge on any atom is -0.372 e. The van der Waals surface area contributed by atoms with E-state index in [1.54, 1.807) is 16.7 Å². The topological polar surface area (TPSA) is 63.6 Å². The molecule has 6 nitrogen and oxygen atoms in total. The summed E-state index contributed by atoms with van der Waals surface area (Å²) in [5.74, 6) is 0. The molecule has 1 aliphatic heterocycles. The molecule has 2 atom stereocenters. The molecule has 2 heterocycles. The van der Waals surface area contributed by atoms with E-state index >= 15 is 0 Å². The van der Waals surface area contributed by atoms with Crippen LogP contribution in [0.25, 0.3) is 0 Å². The van der Waals surface area contributed by atoms with E-state index in [-0.39, 0.29) is 23.8 Å². The summed E-state index contributed by atoms with van der Waals surface area (Å²) in [4.78, 5) is 25.9. The summed E-state index contributed by atoms with van der Waals surface area (Å²) in [6.07, 6.45) is 2.85. The zero-order valence-corrected chi connectivity index (χ0v) is 15.0. The first-order valence-corrected chi connectivity index (χ1v) is 8.86. The Labute approximate surface area is 143 Å². The van der Waals surface area contributed by atoms with Crippen LogP contribution in [0.1, 0.15) is 38.8 Å². The molecular formula is C18H29N3O3. The van der Waals surface area contributed by atoms with Gasteiger partial charge in [-0.15, -0.1) is 0 Å². The molecule has 1 aromatic heterocycles. The molecule has 1 N–H and O–H groups in total. The highest BCUT2D eigenvalue weighted by atomic mass is 16.5. The number of ether oxygens (including phenoxy) is 1. The van der Waals surface area contributed by atoms with Gasteiger partial charge >= 0.3 is 6.03 Å². The molecule has 2 amide bonds. The molecule has 1 saturated heterocycles. The van der Waals surface area contributed by atoms with Crippen molar-refractivity contribution >= 4 is 6.03 Å². The number of morpholine rings is 1. The molecular weight excluding hydrogens is 306 g/mol. The summed E-state index contributed by atoms with van der Waals surface area (Å²) >= 11 is 0. The lowest BCUT2D eigenvalue weighted by atomic mass is 10.2. The SMILES string of the molecule is CC[C@@H]1CN(C(=O)NCCCCn2c(C)cccc2=O)C[C@H](C)O1. The van der Waals surface area contributed by atoms with Crippen LogP contribution in [0.4, 0.5) is 4.79 Å². The van der Waals surface area contributed by atoms with Gasteiger partial charge in [0, 0.05) is 37.9 Å². The average molecular weight is 335 g/mol. The van der Waals surface area contributed by atoms with Crippen molar-refractivity contribution in [2.75, 3.05) is 19.6 Å². The third kappa shape index (κ3) is 5.09. The highest BCUT2D eigenvalue weighted by molar-refractivity contribution is 5.74. The standard InChI is InChI=1S/C18H29N3O3/c1-4-16-13-20(12-15(3)24-16)18(23)19-10-5-6-11-21-14(2)8-7-9-17(21)22/h7-9,15-16H,4-6,10-13H2,1-3H3,(H,19,23)/t15-,16+/m0/s1. The van der Waals surface area contributed by atoms with Crippen molar-refractivity contribution in [2.45, 2.75) is 58.8 Å². The number of aryl methyl sites for hydroxylation is 1. The van der Waals surface area contributed by atoms with E-state index in [1.807, 2.05) is 24.8 Å². The highest BCUT2D eigenvalue weighted by Gasteiger charge is 2.26. The van der Waals surface area contributed by atoms with Crippen molar-refractivity contribution < 1.29 is 9.53 Å². The molecule has 134 valence electrons. The number of pyridine rings is 1. The molecule has 1 fully saturated rings. The first-order valence-electron chi connectivity index (χ1n) is 8.86. The lowest BCUT2D eigenvalue weighted by Gasteiger charge is -2.36. The van der Waals surface area contributed by atoms with Crippen molar-refractivity contribution in [3.05, 3.63) is 34.2 Å². The largest absolute Gasteiger partial charge is 0.372 e. The number of carbonyl (C=O) groups is 1. The minimum atomic E-state index is -0.0170. The predicted molar refractivity (Wildman–Crippen MR) is 94.3 cm³/mol. The van der Waals surface area contributed by atoms with Gasteiger partial charge < -0.3 is 19.5 Å². The molecule has 1 aromatic rings. The second-order valence-corrected chi connectivity index (χ2v) is 6.48. The van der Waals surface area contributed by atoms with Gasteiger partial charge in [-0.3, -0.25) is 4.79 Å². The first-order chi connectivity index (χ1) is 11.5. The molecule has 0 saturated carbocycles. The van der Waals surface area contributed by atoms with E-state index in [0.29, 0.717) is 26.2 Å². The van der Waals surface area contributed by atoms with Crippen molar-refractivity contribution in [2.24, 2.45) is 0 Å². The normalized spacial score (nSPS) is 20.9. The number of hydrogen-bond donors (Lipinski definition) is 1. The van der Waals surface area contributed by atoms with Gasteiger partial charge in [-0.05, 0) is 39.2 Å². The Balaban J connectivity index is 1.70. The summed E-state index contributed by atoms with van der Waals surface area (Å²) in [5, 5.41) is 2.98. The van der Waals surface area contributed by atoms with Crippen LogP contribution in [0.5, 0.6) is 0 Å². The highest BCUT2D eigenvalue weighted by Crippen LogP contribution is 2.13. The van der Waals surface area contributed by atoms with Crippen LogP contribution in [0, 0.1) is 6.92 Å². The maximum Gasteiger partial charge on any atom is 0.317 e. The van der Waals surface area contributed by atoms with Gasteiger partial charge in [0.25, 0.3) is 5.56 Å². The average Bonchev–Trinajstić information content (AvgIpc) is 2.56. The van der Waals surface area contributed by atoms with E-state index < -0.39 is 0 Å². The maximum absolute atomic E-state index is 12.3. The number of carbonyl (C=O) groups excluding carboxylic acids is 1. The van der Waals surface area contributed by atoms with E-state index in [2.05, 4.69) is 12.2 Å². The fourth-order valence-electron chi connectivity index (χ4n) is 3.05. The summed E-state index contributed by atoms with van der Waals surface area (Å²) in [6.45, 7) is 8.63. The maximum atomic E-state index is 12.3. The molecule has 2 rings (SSSR count). The molecule has 24 heavy (non-hydrogen) atoms. The number of unbranched alkanes of at least 4 members (excludes halogenated alkanes) is 1. The van der Waals surface area contributed by atoms with Gasteiger partial charge in [0.2, 0.25) is 0 Å². The fraction of sp³-hybridized carbons (Fsp3) is 0.667. The van der Waals surface area contributed by atoms with Crippen molar-refractivity contribution in [1.82, 2.24) is 14.8 Å². The molecule has 6 heteroatoms. The number of aromatic nitrogens is 1. The van der Waals surface area contributed by atoms with Crippen molar-refractivity contribution in [3.8, 4) is 0 Å². The third-order valence-corrected chi connectivity index (χ3v) is 4.42. The molecule has 0 bridgehead atoms. The quantitative estimate of drug-likeness (QED) is 0.810. The number of urea groups is 1. The van der Waals surface area contributed by atoms with Crippen LogP contribution in [0.2, 0.25) is 0 Å². The lowest BCUT2D eigenvalue weighted by molar-refractivity contribution is -0.0646. The minimum absolute atomic E-state index is 0.0170. The van der Waals surface area contributed by atoms with Gasteiger partial charge in [-0.1, -0.05) is 13.0 Å². The van der Waals surface area contributed by atoms with Crippen LogP contribution < -0.4 is 10.9 Å². The van der Waals surface area contributed by atoms with Crippen molar-refractivity contribution in [3.63, 3.8) is 0 Å². The molecule has 0 unspecified atom stereocenters. The van der Waals surface area contributed by atoms with E-state index in [1.165, 1.54) is 0 Å². The molecule has 0 spiro atoms. The zero-order chi connectivity index (χ0) is 17.5. The smallest absolute Gasteiger partial charge is 0.317 e. The van der Waals surface area contributed by atoms with Crippen LogP contribution in [0.15, 0.2) is 23.0 Å². The van der Waals surface area contributed by atoms with Gasteiger partial charge in [-0.2, -0.15) is 0 Å². The first kappa shape index (κ1) is 18.5. The second-order valence-electron chi connectivity index (χ2n) is 6.48. The summed E-state index contributed by atoms with van der Waals surface area (Å²) in [7, 11) is 0. The zero-order valence-electron chi connectivity index (χ0n) is 15.0. The monoisotopic (exact) mass is 335 g/mol. The Morgan fingerprint density at radius 2 is 2.12 bits per heavy atom.